The van der Waals surface area contributed by atoms with Gasteiger partial charge in [-0.05, 0) is 25.0 Å². The number of rotatable bonds is 2. The molecule has 1 aliphatic rings. The van der Waals surface area contributed by atoms with Crippen LogP contribution in [0.3, 0.4) is 0 Å². The zero-order valence-electron chi connectivity index (χ0n) is 8.68. The fourth-order valence-electron chi connectivity index (χ4n) is 2.04. The van der Waals surface area contributed by atoms with Gasteiger partial charge in [-0.15, -0.1) is 0 Å². The Hall–Kier alpha value is -1.90. The number of fused-ring (bicyclic) bond motifs is 1. The first-order chi connectivity index (χ1) is 7.72. The van der Waals surface area contributed by atoms with Gasteiger partial charge in [0.05, 0.1) is 11.2 Å². The molecule has 0 bridgehead atoms. The first-order valence-electron chi connectivity index (χ1n) is 5.32. The Morgan fingerprint density at radius 1 is 1.19 bits per heavy atom. The molecule has 3 heteroatoms. The summed E-state index contributed by atoms with van der Waals surface area (Å²) in [5.74, 6) is -0.754. The molecular formula is C13H11NO2. The van der Waals surface area contributed by atoms with Gasteiger partial charge in [0.1, 0.15) is 5.41 Å². The molecule has 0 radical (unpaired) electrons. The highest BCUT2D eigenvalue weighted by molar-refractivity contribution is 5.86. The molecule has 2 aromatic rings. The molecule has 1 aliphatic carbocycles. The fraction of sp³-hybridized carbons (Fsp3) is 0.231. The number of carboxylic acid groups (broad SMARTS) is 1. The second-order valence-corrected chi connectivity index (χ2v) is 4.28. The third-order valence-electron chi connectivity index (χ3n) is 3.25. The van der Waals surface area contributed by atoms with Crippen molar-refractivity contribution in [3.63, 3.8) is 0 Å². The number of benzene rings is 1. The largest absolute Gasteiger partial charge is 0.481 e. The maximum absolute atomic E-state index is 11.2. The molecule has 0 unspecified atom stereocenters. The van der Waals surface area contributed by atoms with Gasteiger partial charge in [0, 0.05) is 5.39 Å². The third kappa shape index (κ3) is 1.21. The molecule has 1 fully saturated rings. The van der Waals surface area contributed by atoms with Crippen LogP contribution in [0.2, 0.25) is 0 Å². The Balaban J connectivity index is 2.16. The molecule has 0 aliphatic heterocycles. The van der Waals surface area contributed by atoms with E-state index in [0.29, 0.717) is 18.5 Å². The summed E-state index contributed by atoms with van der Waals surface area (Å²) in [7, 11) is 0. The van der Waals surface area contributed by atoms with E-state index in [4.69, 9.17) is 0 Å². The van der Waals surface area contributed by atoms with Crippen LogP contribution in [-0.2, 0) is 10.2 Å². The summed E-state index contributed by atoms with van der Waals surface area (Å²) in [5, 5.41) is 10.2. The second-order valence-electron chi connectivity index (χ2n) is 4.28. The van der Waals surface area contributed by atoms with E-state index in [1.54, 1.807) is 0 Å². The van der Waals surface area contributed by atoms with E-state index in [-0.39, 0.29) is 0 Å². The molecule has 1 saturated carbocycles. The van der Waals surface area contributed by atoms with Gasteiger partial charge in [-0.2, -0.15) is 0 Å². The topological polar surface area (TPSA) is 50.2 Å². The standard InChI is InChI=1S/C13H11NO2/c15-12(16)13(7-8-13)11-6-5-9-3-1-2-4-10(9)14-11/h1-6H,7-8H2,(H,15,16). The lowest BCUT2D eigenvalue weighted by molar-refractivity contribution is -0.140. The van der Waals surface area contributed by atoms with Gasteiger partial charge in [0.15, 0.2) is 0 Å². The van der Waals surface area contributed by atoms with Crippen molar-refractivity contribution in [1.82, 2.24) is 4.98 Å². The number of para-hydroxylation sites is 1. The zero-order valence-corrected chi connectivity index (χ0v) is 8.68. The first-order valence-corrected chi connectivity index (χ1v) is 5.32. The summed E-state index contributed by atoms with van der Waals surface area (Å²) in [4.78, 5) is 15.6. The summed E-state index contributed by atoms with van der Waals surface area (Å²) < 4.78 is 0. The molecule has 3 nitrogen and oxygen atoms in total. The smallest absolute Gasteiger partial charge is 0.315 e. The predicted molar refractivity (Wildman–Crippen MR) is 60.3 cm³/mol. The Kier molecular flexibility index (Phi) is 1.78. The van der Waals surface area contributed by atoms with Gasteiger partial charge >= 0.3 is 5.97 Å². The van der Waals surface area contributed by atoms with E-state index in [9.17, 15) is 9.90 Å². The van der Waals surface area contributed by atoms with Gasteiger partial charge in [0.25, 0.3) is 0 Å². The normalized spacial score (nSPS) is 17.2. The van der Waals surface area contributed by atoms with E-state index in [1.807, 2.05) is 36.4 Å². The molecule has 1 aromatic carbocycles. The van der Waals surface area contributed by atoms with Crippen molar-refractivity contribution in [2.75, 3.05) is 0 Å². The summed E-state index contributed by atoms with van der Waals surface area (Å²) in [5.41, 5.74) is 0.857. The second kappa shape index (κ2) is 3.04. The maximum atomic E-state index is 11.2. The van der Waals surface area contributed by atoms with Crippen LogP contribution < -0.4 is 0 Å². The zero-order chi connectivity index (χ0) is 11.2. The highest BCUT2D eigenvalue weighted by Gasteiger charge is 2.53. The Morgan fingerprint density at radius 2 is 1.94 bits per heavy atom. The van der Waals surface area contributed by atoms with Gasteiger partial charge in [-0.3, -0.25) is 9.78 Å². The Morgan fingerprint density at radius 3 is 2.62 bits per heavy atom. The highest BCUT2D eigenvalue weighted by atomic mass is 16.4. The fourth-order valence-corrected chi connectivity index (χ4v) is 2.04. The summed E-state index contributed by atoms with van der Waals surface area (Å²) in [6.45, 7) is 0. The van der Waals surface area contributed by atoms with Crippen molar-refractivity contribution in [1.29, 1.82) is 0 Å². The third-order valence-corrected chi connectivity index (χ3v) is 3.25. The molecule has 0 spiro atoms. The minimum Gasteiger partial charge on any atom is -0.481 e. The Labute approximate surface area is 92.7 Å². The Bertz CT molecular complexity index is 573. The van der Waals surface area contributed by atoms with E-state index >= 15 is 0 Å². The minimum absolute atomic E-state index is 0.693. The van der Waals surface area contributed by atoms with Crippen molar-refractivity contribution in [3.05, 3.63) is 42.1 Å². The number of carbonyl (C=O) groups is 1. The molecule has 1 N–H and O–H groups in total. The molecule has 3 rings (SSSR count). The number of pyridine rings is 1. The molecule has 16 heavy (non-hydrogen) atoms. The predicted octanol–water partition coefficient (Wildman–Crippen LogP) is 2.35. The van der Waals surface area contributed by atoms with E-state index < -0.39 is 11.4 Å². The van der Waals surface area contributed by atoms with Crippen molar-refractivity contribution in [3.8, 4) is 0 Å². The summed E-state index contributed by atoms with van der Waals surface area (Å²) in [6.07, 6.45) is 1.40. The SMILES string of the molecule is O=C(O)C1(c2ccc3ccccc3n2)CC1. The summed E-state index contributed by atoms with van der Waals surface area (Å²) in [6, 6.07) is 11.5. The molecule has 80 valence electrons. The molecule has 1 aromatic heterocycles. The molecule has 0 amide bonds. The van der Waals surface area contributed by atoms with Crippen molar-refractivity contribution >= 4 is 16.9 Å². The van der Waals surface area contributed by atoms with Gasteiger partial charge in [-0.25, -0.2) is 0 Å². The van der Waals surface area contributed by atoms with Crippen LogP contribution in [0.4, 0.5) is 0 Å². The number of hydrogen-bond acceptors (Lipinski definition) is 2. The lowest BCUT2D eigenvalue weighted by Crippen LogP contribution is -2.20. The van der Waals surface area contributed by atoms with Crippen LogP contribution in [0.5, 0.6) is 0 Å². The van der Waals surface area contributed by atoms with Gasteiger partial charge < -0.3 is 5.11 Å². The average Bonchev–Trinajstić information content (AvgIpc) is 3.09. The van der Waals surface area contributed by atoms with Crippen LogP contribution in [-0.4, -0.2) is 16.1 Å². The van der Waals surface area contributed by atoms with Crippen LogP contribution in [0.15, 0.2) is 36.4 Å². The number of carboxylic acids is 1. The number of aliphatic carboxylic acids is 1. The monoisotopic (exact) mass is 213 g/mol. The molecular weight excluding hydrogens is 202 g/mol. The number of hydrogen-bond donors (Lipinski definition) is 1. The highest BCUT2D eigenvalue weighted by Crippen LogP contribution is 2.47. The van der Waals surface area contributed by atoms with Crippen LogP contribution in [0.25, 0.3) is 10.9 Å². The van der Waals surface area contributed by atoms with E-state index in [1.165, 1.54) is 0 Å². The van der Waals surface area contributed by atoms with Crippen molar-refractivity contribution in [2.45, 2.75) is 18.3 Å². The number of nitrogens with zero attached hydrogens (tertiary/aromatic N) is 1. The van der Waals surface area contributed by atoms with Crippen LogP contribution in [0, 0.1) is 0 Å². The first kappa shape index (κ1) is 9.33. The lowest BCUT2D eigenvalue weighted by Gasteiger charge is -2.09. The van der Waals surface area contributed by atoms with Crippen LogP contribution in [0.1, 0.15) is 18.5 Å². The van der Waals surface area contributed by atoms with Gasteiger partial charge in [0.2, 0.25) is 0 Å². The quantitative estimate of drug-likeness (QED) is 0.833. The van der Waals surface area contributed by atoms with Crippen molar-refractivity contribution < 1.29 is 9.90 Å². The average molecular weight is 213 g/mol. The number of aromatic nitrogens is 1. The molecule has 0 saturated heterocycles. The summed E-state index contributed by atoms with van der Waals surface area (Å²) >= 11 is 0. The van der Waals surface area contributed by atoms with Gasteiger partial charge in [-0.1, -0.05) is 24.3 Å². The van der Waals surface area contributed by atoms with Crippen molar-refractivity contribution in [2.24, 2.45) is 0 Å². The van der Waals surface area contributed by atoms with E-state index in [2.05, 4.69) is 4.98 Å². The molecule has 0 atom stereocenters. The van der Waals surface area contributed by atoms with Crippen LogP contribution >= 0.6 is 0 Å². The maximum Gasteiger partial charge on any atom is 0.315 e. The minimum atomic E-state index is -0.754. The molecule has 1 heterocycles. The van der Waals surface area contributed by atoms with E-state index in [0.717, 1.165) is 10.9 Å². The lowest BCUT2D eigenvalue weighted by atomic mass is 10.0.